The van der Waals surface area contributed by atoms with Crippen molar-refractivity contribution in [3.63, 3.8) is 0 Å². The zero-order valence-electron chi connectivity index (χ0n) is 26.2. The van der Waals surface area contributed by atoms with Gasteiger partial charge in [-0.25, -0.2) is 0 Å². The van der Waals surface area contributed by atoms with Crippen LogP contribution >= 0.6 is 15.9 Å². The minimum absolute atomic E-state index is 0.215. The Morgan fingerprint density at radius 2 is 1.11 bits per heavy atom. The molecule has 0 unspecified atom stereocenters. The molecule has 0 spiro atoms. The molecule has 0 N–H and O–H groups in total. The number of anilines is 3. The van der Waals surface area contributed by atoms with Crippen LogP contribution in [0, 0.1) is 0 Å². The Hall–Kier alpha value is -5.32. The van der Waals surface area contributed by atoms with Gasteiger partial charge in [0.1, 0.15) is 27.5 Å². The Bertz CT molecular complexity index is 2190. The van der Waals surface area contributed by atoms with E-state index in [9.17, 15) is 0 Å². The summed E-state index contributed by atoms with van der Waals surface area (Å²) in [7, 11) is 0. The molecule has 0 bridgehead atoms. The fraction of sp³-hybridized carbons (Fsp3) is 0.0698. The second-order valence-electron chi connectivity index (χ2n) is 12.3. The van der Waals surface area contributed by atoms with E-state index in [0.717, 1.165) is 33.0 Å². The molecule has 1 aliphatic carbocycles. The van der Waals surface area contributed by atoms with Gasteiger partial charge in [0.05, 0.1) is 5.69 Å². The largest absolute Gasteiger partial charge is 0.456 e. The number of para-hydroxylation sites is 3. The topological polar surface area (TPSA) is 21.7 Å². The minimum atomic E-state index is -0.215. The molecule has 7 aromatic rings. The highest BCUT2D eigenvalue weighted by atomic mass is 79.9. The molecule has 1 aliphatic rings. The minimum Gasteiger partial charge on any atom is -0.456 e. The molecule has 0 saturated carbocycles. The molecule has 47 heavy (non-hydrogen) atoms. The third-order valence-electron chi connectivity index (χ3n) is 9.04. The smallest absolute Gasteiger partial charge is 0.145 e. The first-order valence-electron chi connectivity index (χ1n) is 15.8. The molecular formula is C43H32BrNO2. The summed E-state index contributed by atoms with van der Waals surface area (Å²) in [4.78, 5) is 2.35. The van der Waals surface area contributed by atoms with Crippen LogP contribution in [-0.4, -0.2) is 0 Å². The summed E-state index contributed by atoms with van der Waals surface area (Å²) < 4.78 is 13.5. The van der Waals surface area contributed by atoms with E-state index in [0.29, 0.717) is 11.5 Å². The number of nitrogens with zero attached hydrogens (tertiary/aromatic N) is 1. The Labute approximate surface area is 283 Å². The van der Waals surface area contributed by atoms with Gasteiger partial charge >= 0.3 is 0 Å². The Morgan fingerprint density at radius 3 is 1.77 bits per heavy atom. The number of halogens is 1. The van der Waals surface area contributed by atoms with Gasteiger partial charge in [-0.2, -0.15) is 0 Å². The highest BCUT2D eigenvalue weighted by Gasteiger charge is 2.34. The third-order valence-corrected chi connectivity index (χ3v) is 9.82. The monoisotopic (exact) mass is 673 g/mol. The first kappa shape index (κ1) is 29.1. The molecule has 7 aromatic carbocycles. The lowest BCUT2D eigenvalue weighted by Gasteiger charge is -2.36. The van der Waals surface area contributed by atoms with Crippen molar-refractivity contribution in [2.75, 3.05) is 4.90 Å². The fourth-order valence-corrected chi connectivity index (χ4v) is 7.23. The van der Waals surface area contributed by atoms with E-state index in [4.69, 9.17) is 9.47 Å². The van der Waals surface area contributed by atoms with Gasteiger partial charge in [-0.05, 0) is 110 Å². The van der Waals surface area contributed by atoms with Crippen molar-refractivity contribution in [2.24, 2.45) is 0 Å². The van der Waals surface area contributed by atoms with E-state index in [2.05, 4.69) is 144 Å². The molecule has 8 rings (SSSR count). The van der Waals surface area contributed by atoms with Crippen molar-refractivity contribution in [3.05, 3.63) is 173 Å². The highest BCUT2D eigenvalue weighted by Crippen LogP contribution is 2.52. The maximum absolute atomic E-state index is 6.55. The Morgan fingerprint density at radius 1 is 0.511 bits per heavy atom. The number of ether oxygens (including phenoxy) is 2. The van der Waals surface area contributed by atoms with E-state index in [-0.39, 0.29) is 5.41 Å². The molecule has 0 amide bonds. The number of fused-ring (bicyclic) bond motifs is 2. The molecule has 0 atom stereocenters. The molecule has 0 aliphatic heterocycles. The number of rotatable bonds is 7. The zero-order valence-corrected chi connectivity index (χ0v) is 27.7. The van der Waals surface area contributed by atoms with Crippen LogP contribution in [0.2, 0.25) is 0 Å². The summed E-state index contributed by atoms with van der Waals surface area (Å²) in [5.41, 5.74) is 8.16. The Balaban J connectivity index is 1.24. The molecule has 4 heteroatoms. The number of benzene rings is 7. The second-order valence-corrected chi connectivity index (χ2v) is 13.1. The van der Waals surface area contributed by atoms with Gasteiger partial charge in [-0.1, -0.05) is 105 Å². The first-order chi connectivity index (χ1) is 23.0. The van der Waals surface area contributed by atoms with Crippen molar-refractivity contribution < 1.29 is 9.47 Å². The van der Waals surface area contributed by atoms with Gasteiger partial charge in [0.2, 0.25) is 0 Å². The summed E-state index contributed by atoms with van der Waals surface area (Å²) in [5, 5.41) is 2.49. The van der Waals surface area contributed by atoms with E-state index in [1.165, 1.54) is 33.0 Å². The molecule has 0 saturated heterocycles. The lowest BCUT2D eigenvalue weighted by molar-refractivity contribution is 0.454. The van der Waals surface area contributed by atoms with Crippen LogP contribution in [0.5, 0.6) is 23.0 Å². The first-order valence-corrected chi connectivity index (χ1v) is 16.6. The molecule has 0 radical (unpaired) electrons. The summed E-state index contributed by atoms with van der Waals surface area (Å²) in [6.45, 7) is 4.65. The third kappa shape index (κ3) is 5.15. The van der Waals surface area contributed by atoms with Gasteiger partial charge in [-0.3, -0.25) is 0 Å². The fourth-order valence-electron chi connectivity index (χ4n) is 6.80. The SMILES string of the molecule is CC1(C)c2ccc(Oc3cccc(Oc4ccccc4)c3Br)cc2-c2ccc(N(c3ccccc3)c3ccccc3)c3cccc1c23. The highest BCUT2D eigenvalue weighted by molar-refractivity contribution is 9.10. The van der Waals surface area contributed by atoms with E-state index in [1.54, 1.807) is 0 Å². The summed E-state index contributed by atoms with van der Waals surface area (Å²) in [5.74, 6) is 2.92. The molecule has 0 fully saturated rings. The average Bonchev–Trinajstić information content (AvgIpc) is 3.11. The molecule has 3 nitrogen and oxygen atoms in total. The predicted octanol–water partition coefficient (Wildman–Crippen LogP) is 13.0. The van der Waals surface area contributed by atoms with Crippen molar-refractivity contribution in [1.82, 2.24) is 0 Å². The lowest BCUT2D eigenvalue weighted by atomic mass is 9.68. The van der Waals surface area contributed by atoms with Crippen LogP contribution in [-0.2, 0) is 5.41 Å². The number of hydrogen-bond acceptors (Lipinski definition) is 3. The standard InChI is InChI=1S/C43H32BrNO2/c1-43(2)36-26-24-32(47-40-23-13-22-39(42(40)44)46-31-18-10-5-11-19-31)28-35(36)33-25-27-38(34-20-12-21-37(43)41(33)34)45(29-14-6-3-7-15-29)30-16-8-4-9-17-30/h3-28H,1-2H3. The van der Waals surface area contributed by atoms with E-state index < -0.39 is 0 Å². The molecule has 0 aromatic heterocycles. The maximum atomic E-state index is 6.55. The molecular weight excluding hydrogens is 642 g/mol. The van der Waals surface area contributed by atoms with E-state index >= 15 is 0 Å². The second kappa shape index (κ2) is 11.8. The summed E-state index contributed by atoms with van der Waals surface area (Å²) in [6, 6.07) is 54.6. The average molecular weight is 675 g/mol. The van der Waals surface area contributed by atoms with Crippen LogP contribution < -0.4 is 14.4 Å². The summed E-state index contributed by atoms with van der Waals surface area (Å²) >= 11 is 3.74. The van der Waals surface area contributed by atoms with E-state index in [1.807, 2.05) is 48.5 Å². The van der Waals surface area contributed by atoms with Gasteiger partial charge < -0.3 is 14.4 Å². The summed E-state index contributed by atoms with van der Waals surface area (Å²) in [6.07, 6.45) is 0. The quantitative estimate of drug-likeness (QED) is 0.168. The van der Waals surface area contributed by atoms with Gasteiger partial charge in [0.25, 0.3) is 0 Å². The van der Waals surface area contributed by atoms with Gasteiger partial charge in [0.15, 0.2) is 0 Å². The van der Waals surface area contributed by atoms with Crippen molar-refractivity contribution >= 4 is 43.8 Å². The molecule has 228 valence electrons. The van der Waals surface area contributed by atoms with Crippen molar-refractivity contribution in [3.8, 4) is 34.1 Å². The normalized spacial score (nSPS) is 12.7. The number of hydrogen-bond donors (Lipinski definition) is 0. The van der Waals surface area contributed by atoms with Crippen LogP contribution in [0.3, 0.4) is 0 Å². The zero-order chi connectivity index (χ0) is 32.0. The molecule has 0 heterocycles. The van der Waals surface area contributed by atoms with Crippen molar-refractivity contribution in [2.45, 2.75) is 19.3 Å². The predicted molar refractivity (Wildman–Crippen MR) is 197 cm³/mol. The van der Waals surface area contributed by atoms with Crippen LogP contribution in [0.25, 0.3) is 21.9 Å². The maximum Gasteiger partial charge on any atom is 0.145 e. The van der Waals surface area contributed by atoms with Crippen LogP contribution in [0.1, 0.15) is 25.0 Å². The van der Waals surface area contributed by atoms with Crippen molar-refractivity contribution in [1.29, 1.82) is 0 Å². The van der Waals surface area contributed by atoms with Crippen LogP contribution in [0.4, 0.5) is 17.1 Å². The van der Waals surface area contributed by atoms with Crippen LogP contribution in [0.15, 0.2) is 162 Å². The Kier molecular flexibility index (Phi) is 7.31. The lowest BCUT2D eigenvalue weighted by Crippen LogP contribution is -2.24. The van der Waals surface area contributed by atoms with Gasteiger partial charge in [0, 0.05) is 22.2 Å². The van der Waals surface area contributed by atoms with Gasteiger partial charge in [-0.15, -0.1) is 0 Å².